The van der Waals surface area contributed by atoms with Crippen molar-refractivity contribution in [2.75, 3.05) is 0 Å². The lowest BCUT2D eigenvalue weighted by Gasteiger charge is -2.13. The van der Waals surface area contributed by atoms with Gasteiger partial charge in [0.25, 0.3) is 0 Å². The number of nitrogens with zero attached hydrogens (tertiary/aromatic N) is 6. The third-order valence-electron chi connectivity index (χ3n) is 3.37. The second-order valence-corrected chi connectivity index (χ2v) is 5.36. The minimum atomic E-state index is 0.264. The Morgan fingerprint density at radius 1 is 1.23 bits per heavy atom. The first-order chi connectivity index (χ1) is 10.7. The van der Waals surface area contributed by atoms with E-state index in [1.807, 2.05) is 54.3 Å². The van der Waals surface area contributed by atoms with Gasteiger partial charge in [-0.3, -0.25) is 4.68 Å². The highest BCUT2D eigenvalue weighted by Crippen LogP contribution is 2.07. The second-order valence-electron chi connectivity index (χ2n) is 5.36. The van der Waals surface area contributed by atoms with E-state index in [0.717, 1.165) is 18.1 Å². The van der Waals surface area contributed by atoms with E-state index in [4.69, 9.17) is 0 Å². The van der Waals surface area contributed by atoms with Crippen LogP contribution in [0, 0.1) is 6.92 Å². The minimum absolute atomic E-state index is 0.264. The molecule has 1 aromatic carbocycles. The molecule has 7 heteroatoms. The fourth-order valence-corrected chi connectivity index (χ4v) is 2.26. The van der Waals surface area contributed by atoms with Crippen molar-refractivity contribution >= 4 is 0 Å². The maximum absolute atomic E-state index is 4.30. The zero-order chi connectivity index (χ0) is 15.4. The molecule has 3 rings (SSSR count). The van der Waals surface area contributed by atoms with Crippen LogP contribution < -0.4 is 5.32 Å². The SMILES string of the molecule is Cc1cnn(CC(C)NCc2nnnn2-c2ccccc2)c1. The highest BCUT2D eigenvalue weighted by Gasteiger charge is 2.10. The molecule has 0 aliphatic rings. The molecule has 22 heavy (non-hydrogen) atoms. The van der Waals surface area contributed by atoms with E-state index in [1.165, 1.54) is 5.56 Å². The summed E-state index contributed by atoms with van der Waals surface area (Å²) >= 11 is 0. The average molecular weight is 297 g/mol. The van der Waals surface area contributed by atoms with Gasteiger partial charge in [0.05, 0.1) is 25.0 Å². The van der Waals surface area contributed by atoms with Gasteiger partial charge in [0.1, 0.15) is 0 Å². The Kier molecular flexibility index (Phi) is 4.24. The molecule has 1 atom stereocenters. The van der Waals surface area contributed by atoms with Gasteiger partial charge in [-0.1, -0.05) is 18.2 Å². The molecular weight excluding hydrogens is 278 g/mol. The number of hydrogen-bond donors (Lipinski definition) is 1. The van der Waals surface area contributed by atoms with Gasteiger partial charge in [-0.15, -0.1) is 5.10 Å². The van der Waals surface area contributed by atoms with Crippen molar-refractivity contribution in [3.8, 4) is 5.69 Å². The molecule has 0 aliphatic carbocycles. The molecular formula is C15H19N7. The fourth-order valence-electron chi connectivity index (χ4n) is 2.26. The molecule has 0 amide bonds. The number of benzene rings is 1. The minimum Gasteiger partial charge on any atom is -0.305 e. The van der Waals surface area contributed by atoms with E-state index < -0.39 is 0 Å². The molecule has 0 aliphatic heterocycles. The first-order valence-electron chi connectivity index (χ1n) is 7.27. The lowest BCUT2D eigenvalue weighted by atomic mass is 10.3. The van der Waals surface area contributed by atoms with E-state index in [-0.39, 0.29) is 6.04 Å². The summed E-state index contributed by atoms with van der Waals surface area (Å²) in [5.74, 6) is 0.787. The van der Waals surface area contributed by atoms with Gasteiger partial charge in [-0.2, -0.15) is 9.78 Å². The van der Waals surface area contributed by atoms with Gasteiger partial charge in [0.15, 0.2) is 5.82 Å². The summed E-state index contributed by atoms with van der Waals surface area (Å²) in [6.07, 6.45) is 3.90. The van der Waals surface area contributed by atoms with Crippen LogP contribution in [0.4, 0.5) is 0 Å². The molecule has 0 saturated heterocycles. The van der Waals surface area contributed by atoms with E-state index in [9.17, 15) is 0 Å². The van der Waals surface area contributed by atoms with Crippen LogP contribution >= 0.6 is 0 Å². The van der Waals surface area contributed by atoms with Crippen LogP contribution in [0.25, 0.3) is 5.69 Å². The lowest BCUT2D eigenvalue weighted by Crippen LogP contribution is -2.31. The van der Waals surface area contributed by atoms with Crippen LogP contribution in [0.5, 0.6) is 0 Å². The number of aryl methyl sites for hydroxylation is 1. The predicted molar refractivity (Wildman–Crippen MR) is 82.4 cm³/mol. The van der Waals surface area contributed by atoms with Crippen molar-refractivity contribution in [2.24, 2.45) is 0 Å². The second kappa shape index (κ2) is 6.48. The zero-order valence-corrected chi connectivity index (χ0v) is 12.7. The third-order valence-corrected chi connectivity index (χ3v) is 3.37. The van der Waals surface area contributed by atoms with Crippen molar-refractivity contribution in [3.63, 3.8) is 0 Å². The predicted octanol–water partition coefficient (Wildman–Crippen LogP) is 1.35. The number of tetrazole rings is 1. The smallest absolute Gasteiger partial charge is 0.170 e. The summed E-state index contributed by atoms with van der Waals surface area (Å²) in [6, 6.07) is 10.1. The Hall–Kier alpha value is -2.54. The summed E-state index contributed by atoms with van der Waals surface area (Å²) in [4.78, 5) is 0. The molecule has 0 bridgehead atoms. The van der Waals surface area contributed by atoms with E-state index in [2.05, 4.69) is 32.9 Å². The van der Waals surface area contributed by atoms with Crippen LogP contribution in [0.15, 0.2) is 42.7 Å². The van der Waals surface area contributed by atoms with E-state index in [0.29, 0.717) is 6.54 Å². The number of rotatable bonds is 6. The van der Waals surface area contributed by atoms with Crippen LogP contribution in [-0.4, -0.2) is 36.0 Å². The van der Waals surface area contributed by atoms with E-state index >= 15 is 0 Å². The molecule has 7 nitrogen and oxygen atoms in total. The Labute approximate surface area is 129 Å². The monoisotopic (exact) mass is 297 g/mol. The highest BCUT2D eigenvalue weighted by atomic mass is 15.5. The maximum atomic E-state index is 4.30. The van der Waals surface area contributed by atoms with Crippen molar-refractivity contribution in [2.45, 2.75) is 33.0 Å². The van der Waals surface area contributed by atoms with Crippen LogP contribution in [0.1, 0.15) is 18.3 Å². The summed E-state index contributed by atoms with van der Waals surface area (Å²) in [6.45, 7) is 5.56. The summed E-state index contributed by atoms with van der Waals surface area (Å²) in [7, 11) is 0. The van der Waals surface area contributed by atoms with Crippen molar-refractivity contribution in [1.29, 1.82) is 0 Å². The Balaban J connectivity index is 1.61. The molecule has 3 aromatic rings. The van der Waals surface area contributed by atoms with Gasteiger partial charge < -0.3 is 5.32 Å². The number of para-hydroxylation sites is 1. The van der Waals surface area contributed by atoms with E-state index in [1.54, 1.807) is 4.68 Å². The quantitative estimate of drug-likeness (QED) is 0.743. The Morgan fingerprint density at radius 3 is 2.77 bits per heavy atom. The molecule has 0 saturated carbocycles. The van der Waals surface area contributed by atoms with Crippen LogP contribution in [0.2, 0.25) is 0 Å². The van der Waals surface area contributed by atoms with Gasteiger partial charge >= 0.3 is 0 Å². The first kappa shape index (κ1) is 14.4. The molecule has 114 valence electrons. The van der Waals surface area contributed by atoms with Gasteiger partial charge in [-0.25, -0.2) is 0 Å². The zero-order valence-electron chi connectivity index (χ0n) is 12.7. The molecule has 2 heterocycles. The summed E-state index contributed by atoms with van der Waals surface area (Å²) in [5, 5.41) is 19.6. The van der Waals surface area contributed by atoms with Gasteiger partial charge in [0, 0.05) is 12.2 Å². The third kappa shape index (κ3) is 3.37. The lowest BCUT2D eigenvalue weighted by molar-refractivity contribution is 0.443. The molecule has 0 radical (unpaired) electrons. The molecule has 0 spiro atoms. The fraction of sp³-hybridized carbons (Fsp3) is 0.333. The standard InChI is InChI=1S/C15H19N7/c1-12-8-17-21(10-12)11-13(2)16-9-15-18-19-20-22(15)14-6-4-3-5-7-14/h3-8,10,13,16H,9,11H2,1-2H3. The number of aromatic nitrogens is 6. The number of nitrogens with one attached hydrogen (secondary N) is 1. The molecule has 0 fully saturated rings. The average Bonchev–Trinajstić information content (AvgIpc) is 3.15. The largest absolute Gasteiger partial charge is 0.305 e. The van der Waals surface area contributed by atoms with Crippen molar-refractivity contribution in [3.05, 3.63) is 54.1 Å². The topological polar surface area (TPSA) is 73.5 Å². The van der Waals surface area contributed by atoms with Crippen molar-refractivity contribution in [1.82, 2.24) is 35.3 Å². The molecule has 1 unspecified atom stereocenters. The van der Waals surface area contributed by atoms with Crippen LogP contribution in [0.3, 0.4) is 0 Å². The highest BCUT2D eigenvalue weighted by molar-refractivity contribution is 5.30. The normalized spacial score (nSPS) is 12.5. The van der Waals surface area contributed by atoms with Crippen molar-refractivity contribution < 1.29 is 0 Å². The maximum Gasteiger partial charge on any atom is 0.170 e. The van der Waals surface area contributed by atoms with Crippen LogP contribution in [-0.2, 0) is 13.1 Å². The van der Waals surface area contributed by atoms with Gasteiger partial charge in [-0.05, 0) is 42.0 Å². The summed E-state index contributed by atoms with van der Waals surface area (Å²) in [5.41, 5.74) is 2.12. The first-order valence-corrected chi connectivity index (χ1v) is 7.27. The number of hydrogen-bond acceptors (Lipinski definition) is 5. The summed E-state index contributed by atoms with van der Waals surface area (Å²) < 4.78 is 3.69. The van der Waals surface area contributed by atoms with Gasteiger partial charge in [0.2, 0.25) is 0 Å². The Morgan fingerprint density at radius 2 is 2.05 bits per heavy atom. The Bertz CT molecular complexity index is 716. The molecule has 1 N–H and O–H groups in total. The molecule has 2 aromatic heterocycles.